The molecular weight excluding hydrogens is 510 g/mol. The third-order valence-corrected chi connectivity index (χ3v) is 6.33. The molecule has 0 aliphatic heterocycles. The molecule has 0 bridgehead atoms. The summed E-state index contributed by atoms with van der Waals surface area (Å²) in [6.07, 6.45) is 0.713. The molecule has 202 valence electrons. The monoisotopic (exact) mass is 547 g/mol. The molecule has 0 saturated carbocycles. The van der Waals surface area contributed by atoms with Crippen molar-refractivity contribution >= 4 is 47.8 Å². The highest BCUT2D eigenvalue weighted by Crippen LogP contribution is 2.29. The Hall–Kier alpha value is -2.71. The quantitative estimate of drug-likeness (QED) is 0.321. The molecule has 2 rings (SSSR count). The van der Waals surface area contributed by atoms with E-state index in [-0.39, 0.29) is 12.3 Å². The van der Waals surface area contributed by atoms with Gasteiger partial charge in [-0.25, -0.2) is 4.79 Å². The van der Waals surface area contributed by atoms with E-state index >= 15 is 0 Å². The van der Waals surface area contributed by atoms with Crippen molar-refractivity contribution in [1.29, 1.82) is 0 Å². The second kappa shape index (κ2) is 13.7. The molecule has 3 amide bonds. The standard InChI is InChI=1S/C28H38ClN3O4S/c1-7-16-32(26(34)22(17-37)30-27(35)36-28(4,5)6)24(20-14-12-19(8-2)13-15-20)25(33)31-23-18(3)10-9-11-21(23)29/h9-15,22,24,37H,7-8,16-17H2,1-6H3,(H,30,35)(H,31,33). The van der Waals surface area contributed by atoms with Gasteiger partial charge < -0.3 is 20.3 Å². The molecule has 9 heteroatoms. The third-order valence-electron chi connectivity index (χ3n) is 5.65. The summed E-state index contributed by atoms with van der Waals surface area (Å²) in [5.74, 6) is -0.805. The van der Waals surface area contributed by atoms with Crippen molar-refractivity contribution in [2.75, 3.05) is 17.6 Å². The molecule has 2 atom stereocenters. The summed E-state index contributed by atoms with van der Waals surface area (Å²) < 4.78 is 5.33. The fourth-order valence-corrected chi connectivity index (χ4v) is 4.35. The fourth-order valence-electron chi connectivity index (χ4n) is 3.83. The van der Waals surface area contributed by atoms with Gasteiger partial charge in [0.1, 0.15) is 17.7 Å². The summed E-state index contributed by atoms with van der Waals surface area (Å²) in [6.45, 7) is 11.3. The summed E-state index contributed by atoms with van der Waals surface area (Å²) in [5.41, 5.74) is 2.32. The van der Waals surface area contributed by atoms with Gasteiger partial charge in [-0.05, 0) is 63.3 Å². The first-order valence-corrected chi connectivity index (χ1v) is 13.5. The van der Waals surface area contributed by atoms with Crippen LogP contribution in [0.2, 0.25) is 5.02 Å². The molecule has 0 heterocycles. The highest BCUT2D eigenvalue weighted by Gasteiger charge is 2.35. The van der Waals surface area contributed by atoms with Crippen LogP contribution in [-0.4, -0.2) is 46.7 Å². The predicted octanol–water partition coefficient (Wildman–Crippen LogP) is 5.95. The number of aryl methyl sites for hydroxylation is 2. The summed E-state index contributed by atoms with van der Waals surface area (Å²) in [6, 6.07) is 11.0. The van der Waals surface area contributed by atoms with E-state index < -0.39 is 35.6 Å². The van der Waals surface area contributed by atoms with E-state index in [1.165, 1.54) is 4.90 Å². The summed E-state index contributed by atoms with van der Waals surface area (Å²) in [5, 5.41) is 5.95. The SMILES string of the molecule is CCCN(C(=O)C(CS)NC(=O)OC(C)(C)C)C(C(=O)Nc1c(C)cccc1Cl)c1ccc(CC)cc1. The van der Waals surface area contributed by atoms with Crippen LogP contribution >= 0.6 is 24.2 Å². The lowest BCUT2D eigenvalue weighted by atomic mass is 10.00. The minimum Gasteiger partial charge on any atom is -0.444 e. The van der Waals surface area contributed by atoms with Gasteiger partial charge in [0.15, 0.2) is 0 Å². The van der Waals surface area contributed by atoms with Crippen LogP contribution < -0.4 is 10.6 Å². The Labute approximate surface area is 230 Å². The molecule has 0 saturated heterocycles. The highest BCUT2D eigenvalue weighted by atomic mass is 35.5. The number of ether oxygens (including phenoxy) is 1. The minimum atomic E-state index is -0.989. The molecule has 0 fully saturated rings. The van der Waals surface area contributed by atoms with Crippen LogP contribution in [0, 0.1) is 6.92 Å². The molecule has 37 heavy (non-hydrogen) atoms. The number of thiol groups is 1. The maximum absolute atomic E-state index is 13.8. The number of para-hydroxylation sites is 1. The van der Waals surface area contributed by atoms with E-state index in [1.54, 1.807) is 32.9 Å². The molecule has 0 radical (unpaired) electrons. The smallest absolute Gasteiger partial charge is 0.408 e. The van der Waals surface area contributed by atoms with Gasteiger partial charge in [-0.1, -0.05) is 61.8 Å². The Morgan fingerprint density at radius 2 is 1.73 bits per heavy atom. The number of carbonyl (C=O) groups is 3. The maximum Gasteiger partial charge on any atom is 0.408 e. The maximum atomic E-state index is 13.8. The van der Waals surface area contributed by atoms with Gasteiger partial charge in [0.25, 0.3) is 5.91 Å². The van der Waals surface area contributed by atoms with E-state index in [9.17, 15) is 14.4 Å². The largest absolute Gasteiger partial charge is 0.444 e. The zero-order valence-corrected chi connectivity index (χ0v) is 24.1. The Morgan fingerprint density at radius 3 is 2.24 bits per heavy atom. The molecule has 7 nitrogen and oxygen atoms in total. The van der Waals surface area contributed by atoms with Crippen LogP contribution in [0.3, 0.4) is 0 Å². The Balaban J connectivity index is 2.49. The number of halogens is 1. The van der Waals surface area contributed by atoms with Crippen LogP contribution in [-0.2, 0) is 20.7 Å². The molecule has 2 unspecified atom stereocenters. The summed E-state index contributed by atoms with van der Waals surface area (Å²) in [7, 11) is 0. The van der Waals surface area contributed by atoms with Crippen LogP contribution in [0.4, 0.5) is 10.5 Å². The minimum absolute atomic E-state index is 0.0328. The number of hydrogen-bond acceptors (Lipinski definition) is 5. The lowest BCUT2D eigenvalue weighted by Crippen LogP contribution is -2.53. The predicted molar refractivity (Wildman–Crippen MR) is 152 cm³/mol. The average molecular weight is 548 g/mol. The zero-order chi connectivity index (χ0) is 27.8. The Kier molecular flexibility index (Phi) is 11.3. The molecule has 2 N–H and O–H groups in total. The molecular formula is C28H38ClN3O4S. The first-order chi connectivity index (χ1) is 17.4. The topological polar surface area (TPSA) is 87.7 Å². The number of benzene rings is 2. The molecule has 2 aromatic carbocycles. The van der Waals surface area contributed by atoms with Crippen LogP contribution in [0.25, 0.3) is 0 Å². The average Bonchev–Trinajstić information content (AvgIpc) is 2.83. The van der Waals surface area contributed by atoms with E-state index in [2.05, 4.69) is 23.3 Å². The number of anilines is 1. The number of alkyl carbamates (subject to hydrolysis) is 1. The van der Waals surface area contributed by atoms with Gasteiger partial charge in [-0.3, -0.25) is 9.59 Å². The highest BCUT2D eigenvalue weighted by molar-refractivity contribution is 7.80. The van der Waals surface area contributed by atoms with Crippen molar-refractivity contribution in [2.45, 2.75) is 72.1 Å². The van der Waals surface area contributed by atoms with E-state index in [0.717, 1.165) is 17.5 Å². The molecule has 0 aliphatic carbocycles. The molecule has 0 aliphatic rings. The lowest BCUT2D eigenvalue weighted by molar-refractivity contribution is -0.140. The van der Waals surface area contributed by atoms with Crippen molar-refractivity contribution in [3.63, 3.8) is 0 Å². The van der Waals surface area contributed by atoms with E-state index in [1.807, 2.05) is 51.1 Å². The number of rotatable bonds is 10. The molecule has 0 spiro atoms. The van der Waals surface area contributed by atoms with Gasteiger partial charge in [-0.2, -0.15) is 12.6 Å². The first-order valence-electron chi connectivity index (χ1n) is 12.5. The Bertz CT molecular complexity index is 1070. The summed E-state index contributed by atoms with van der Waals surface area (Å²) >= 11 is 10.7. The van der Waals surface area contributed by atoms with Gasteiger partial charge in [0, 0.05) is 12.3 Å². The Morgan fingerprint density at radius 1 is 1.08 bits per heavy atom. The number of nitrogens with one attached hydrogen (secondary N) is 2. The summed E-state index contributed by atoms with van der Waals surface area (Å²) in [4.78, 5) is 41.5. The van der Waals surface area contributed by atoms with Crippen LogP contribution in [0.5, 0.6) is 0 Å². The van der Waals surface area contributed by atoms with Gasteiger partial charge in [-0.15, -0.1) is 0 Å². The second-order valence-corrected chi connectivity index (χ2v) is 10.6. The zero-order valence-electron chi connectivity index (χ0n) is 22.4. The number of amides is 3. The van der Waals surface area contributed by atoms with Gasteiger partial charge >= 0.3 is 6.09 Å². The van der Waals surface area contributed by atoms with Gasteiger partial charge in [0.05, 0.1) is 10.7 Å². The first kappa shape index (κ1) is 30.5. The third kappa shape index (κ3) is 8.68. The lowest BCUT2D eigenvalue weighted by Gasteiger charge is -2.34. The van der Waals surface area contributed by atoms with Crippen LogP contribution in [0.1, 0.15) is 63.8 Å². The van der Waals surface area contributed by atoms with Gasteiger partial charge in [0.2, 0.25) is 5.91 Å². The van der Waals surface area contributed by atoms with Crippen LogP contribution in [0.15, 0.2) is 42.5 Å². The number of hydrogen-bond donors (Lipinski definition) is 3. The molecule has 2 aromatic rings. The van der Waals surface area contributed by atoms with Crippen molar-refractivity contribution in [2.24, 2.45) is 0 Å². The van der Waals surface area contributed by atoms with E-state index in [0.29, 0.717) is 22.7 Å². The van der Waals surface area contributed by atoms with Crippen molar-refractivity contribution in [1.82, 2.24) is 10.2 Å². The molecule has 0 aromatic heterocycles. The van der Waals surface area contributed by atoms with Crippen molar-refractivity contribution in [3.8, 4) is 0 Å². The fraction of sp³-hybridized carbons (Fsp3) is 0.464. The number of carbonyl (C=O) groups excluding carboxylic acids is 3. The normalized spacial score (nSPS) is 12.9. The number of nitrogens with zero attached hydrogens (tertiary/aromatic N) is 1. The van der Waals surface area contributed by atoms with Crippen molar-refractivity contribution < 1.29 is 19.1 Å². The van der Waals surface area contributed by atoms with Crippen molar-refractivity contribution in [3.05, 3.63) is 64.2 Å². The second-order valence-electron chi connectivity index (χ2n) is 9.83. The van der Waals surface area contributed by atoms with E-state index in [4.69, 9.17) is 16.3 Å².